The van der Waals surface area contributed by atoms with Gasteiger partial charge in [-0.3, -0.25) is 4.98 Å². The Morgan fingerprint density at radius 2 is 2.09 bits per heavy atom. The van der Waals surface area contributed by atoms with Crippen LogP contribution in [0.2, 0.25) is 0 Å². The van der Waals surface area contributed by atoms with Gasteiger partial charge in [-0.05, 0) is 39.1 Å². The summed E-state index contributed by atoms with van der Waals surface area (Å²) in [5.74, 6) is 1.99. The largest absolute Gasteiger partial charge is 0.497 e. The summed E-state index contributed by atoms with van der Waals surface area (Å²) in [5, 5.41) is 8.23. The molecule has 0 aliphatic carbocycles. The maximum Gasteiger partial charge on any atom is 0.259 e. The molecule has 0 aliphatic rings. The molecule has 1 N–H and O–H groups in total. The molecule has 1 atom stereocenters. The molecule has 3 aromatic rings. The molecule has 0 spiro atoms. The van der Waals surface area contributed by atoms with E-state index in [1.165, 1.54) is 0 Å². The van der Waals surface area contributed by atoms with E-state index in [1.54, 1.807) is 7.11 Å². The minimum absolute atomic E-state index is 0.295. The normalized spacial score (nSPS) is 12.5. The molecule has 1 aromatic carbocycles. The van der Waals surface area contributed by atoms with E-state index in [-0.39, 0.29) is 0 Å². The number of fused-ring (bicyclic) bond motifs is 1. The minimum Gasteiger partial charge on any atom is -0.497 e. The molecule has 0 bridgehead atoms. The van der Waals surface area contributed by atoms with Crippen LogP contribution in [0, 0.1) is 6.92 Å². The van der Waals surface area contributed by atoms with Crippen LogP contribution in [0.15, 0.2) is 28.8 Å². The smallest absolute Gasteiger partial charge is 0.259 e. The number of ether oxygens (including phenoxy) is 1. The summed E-state index contributed by atoms with van der Waals surface area (Å²) in [5.41, 5.74) is 2.59. The van der Waals surface area contributed by atoms with Gasteiger partial charge in [0.25, 0.3) is 5.89 Å². The first kappa shape index (κ1) is 15.4. The molecule has 3 rings (SSSR count). The lowest BCUT2D eigenvalue weighted by atomic mass is 10.1. The number of pyridine rings is 1. The van der Waals surface area contributed by atoms with E-state index in [2.05, 4.69) is 27.4 Å². The number of hydrogen-bond donors (Lipinski definition) is 1. The maximum atomic E-state index is 5.42. The minimum atomic E-state index is 0.295. The highest BCUT2D eigenvalue weighted by molar-refractivity contribution is 5.84. The molecule has 1 unspecified atom stereocenters. The molecule has 2 heterocycles. The van der Waals surface area contributed by atoms with E-state index in [4.69, 9.17) is 9.26 Å². The number of nitrogens with one attached hydrogen (secondary N) is 1. The van der Waals surface area contributed by atoms with Gasteiger partial charge in [-0.25, -0.2) is 0 Å². The Morgan fingerprint density at radius 1 is 1.26 bits per heavy atom. The SMILES string of the molecule is CNC(C)Cc1noc(-c2cc3ccc(OC)cc3nc2C)n1. The van der Waals surface area contributed by atoms with Crippen LogP contribution in [0.1, 0.15) is 18.4 Å². The summed E-state index contributed by atoms with van der Waals surface area (Å²) in [6, 6.07) is 8.13. The van der Waals surface area contributed by atoms with Gasteiger partial charge >= 0.3 is 0 Å². The fourth-order valence-electron chi connectivity index (χ4n) is 2.41. The van der Waals surface area contributed by atoms with E-state index < -0.39 is 0 Å². The first-order valence-corrected chi connectivity index (χ1v) is 7.56. The van der Waals surface area contributed by atoms with Crippen LogP contribution in [-0.2, 0) is 6.42 Å². The number of rotatable bonds is 5. The summed E-state index contributed by atoms with van der Waals surface area (Å²) in [7, 11) is 3.56. The number of likely N-dealkylation sites (N-methyl/N-ethyl adjacent to an activating group) is 1. The summed E-state index contributed by atoms with van der Waals surface area (Å²) in [4.78, 5) is 9.11. The molecular weight excluding hydrogens is 292 g/mol. The standard InChI is InChI=1S/C17H20N4O2/c1-10(18-3)7-16-20-17(23-21-16)14-8-12-5-6-13(22-4)9-15(12)19-11(14)2/h5-6,8-10,18H,7H2,1-4H3. The van der Waals surface area contributed by atoms with Crippen molar-refractivity contribution in [3.8, 4) is 17.2 Å². The lowest BCUT2D eigenvalue weighted by molar-refractivity contribution is 0.415. The second-order valence-electron chi connectivity index (χ2n) is 5.59. The highest BCUT2D eigenvalue weighted by atomic mass is 16.5. The Labute approximate surface area is 134 Å². The molecule has 0 radical (unpaired) electrons. The van der Waals surface area contributed by atoms with Gasteiger partial charge < -0.3 is 14.6 Å². The fourth-order valence-corrected chi connectivity index (χ4v) is 2.41. The second kappa shape index (κ2) is 6.34. The molecule has 0 fully saturated rings. The quantitative estimate of drug-likeness (QED) is 0.781. The molecule has 23 heavy (non-hydrogen) atoms. The molecule has 6 heteroatoms. The Hall–Kier alpha value is -2.47. The van der Waals surface area contributed by atoms with Gasteiger partial charge in [-0.1, -0.05) is 5.16 Å². The lowest BCUT2D eigenvalue weighted by Crippen LogP contribution is -2.24. The van der Waals surface area contributed by atoms with E-state index in [1.807, 2.05) is 38.2 Å². The van der Waals surface area contributed by atoms with Crippen molar-refractivity contribution in [2.24, 2.45) is 0 Å². The molecule has 0 saturated heterocycles. The summed E-state index contributed by atoms with van der Waals surface area (Å²) in [6.45, 7) is 4.01. The van der Waals surface area contributed by atoms with E-state index in [0.29, 0.717) is 17.8 Å². The summed E-state index contributed by atoms with van der Waals surface area (Å²) in [6.07, 6.45) is 0.720. The van der Waals surface area contributed by atoms with Crippen molar-refractivity contribution >= 4 is 10.9 Å². The van der Waals surface area contributed by atoms with Crippen molar-refractivity contribution in [2.45, 2.75) is 26.3 Å². The van der Waals surface area contributed by atoms with Crippen molar-refractivity contribution in [1.82, 2.24) is 20.4 Å². The van der Waals surface area contributed by atoms with Crippen LogP contribution in [0.5, 0.6) is 5.75 Å². The average molecular weight is 312 g/mol. The molecule has 120 valence electrons. The van der Waals surface area contributed by atoms with E-state index in [0.717, 1.165) is 34.3 Å². The predicted octanol–water partition coefficient (Wildman–Crippen LogP) is 2.75. The summed E-state index contributed by atoms with van der Waals surface area (Å²) >= 11 is 0. The van der Waals surface area contributed by atoms with Gasteiger partial charge in [0.15, 0.2) is 5.82 Å². The third kappa shape index (κ3) is 3.17. The molecule has 6 nitrogen and oxygen atoms in total. The third-order valence-electron chi connectivity index (χ3n) is 3.90. The number of benzene rings is 1. The van der Waals surface area contributed by atoms with Crippen LogP contribution < -0.4 is 10.1 Å². The fraction of sp³-hybridized carbons (Fsp3) is 0.353. The first-order valence-electron chi connectivity index (χ1n) is 7.56. The van der Waals surface area contributed by atoms with Crippen LogP contribution in [0.25, 0.3) is 22.4 Å². The number of methoxy groups -OCH3 is 1. The van der Waals surface area contributed by atoms with Crippen LogP contribution in [0.3, 0.4) is 0 Å². The Kier molecular flexibility index (Phi) is 4.25. The van der Waals surface area contributed by atoms with Gasteiger partial charge in [0.05, 0.1) is 23.9 Å². The highest BCUT2D eigenvalue weighted by Crippen LogP contribution is 2.27. The zero-order chi connectivity index (χ0) is 16.4. The monoisotopic (exact) mass is 312 g/mol. The van der Waals surface area contributed by atoms with Gasteiger partial charge in [-0.2, -0.15) is 4.98 Å². The number of nitrogens with zero attached hydrogens (tertiary/aromatic N) is 3. The van der Waals surface area contributed by atoms with Crippen molar-refractivity contribution < 1.29 is 9.26 Å². The highest BCUT2D eigenvalue weighted by Gasteiger charge is 2.15. The molecular formula is C17H20N4O2. The third-order valence-corrected chi connectivity index (χ3v) is 3.90. The van der Waals surface area contributed by atoms with Crippen LogP contribution >= 0.6 is 0 Å². The first-order chi connectivity index (χ1) is 11.1. The summed E-state index contributed by atoms with van der Waals surface area (Å²) < 4.78 is 10.7. The molecule has 0 saturated carbocycles. The van der Waals surface area contributed by atoms with E-state index in [9.17, 15) is 0 Å². The number of aromatic nitrogens is 3. The second-order valence-corrected chi connectivity index (χ2v) is 5.59. The van der Waals surface area contributed by atoms with Crippen molar-refractivity contribution in [1.29, 1.82) is 0 Å². The molecule has 0 aliphatic heterocycles. The Morgan fingerprint density at radius 3 is 2.83 bits per heavy atom. The van der Waals surface area contributed by atoms with Gasteiger partial charge in [-0.15, -0.1) is 0 Å². The van der Waals surface area contributed by atoms with Crippen LogP contribution in [0.4, 0.5) is 0 Å². The van der Waals surface area contributed by atoms with E-state index >= 15 is 0 Å². The number of aryl methyl sites for hydroxylation is 1. The zero-order valence-electron chi connectivity index (χ0n) is 13.8. The van der Waals surface area contributed by atoms with Gasteiger partial charge in [0.2, 0.25) is 0 Å². The predicted molar refractivity (Wildman–Crippen MR) is 88.5 cm³/mol. The van der Waals surface area contributed by atoms with Gasteiger partial charge in [0, 0.05) is 23.9 Å². The van der Waals surface area contributed by atoms with Crippen molar-refractivity contribution in [3.05, 3.63) is 35.8 Å². The molecule has 0 amide bonds. The lowest BCUT2D eigenvalue weighted by Gasteiger charge is -2.06. The molecule has 2 aromatic heterocycles. The van der Waals surface area contributed by atoms with Gasteiger partial charge in [0.1, 0.15) is 5.75 Å². The van der Waals surface area contributed by atoms with Crippen molar-refractivity contribution in [2.75, 3.05) is 14.2 Å². The maximum absolute atomic E-state index is 5.42. The average Bonchev–Trinajstić information content (AvgIpc) is 3.01. The Bertz CT molecular complexity index is 829. The van der Waals surface area contributed by atoms with Crippen molar-refractivity contribution in [3.63, 3.8) is 0 Å². The topological polar surface area (TPSA) is 73.1 Å². The number of hydrogen-bond acceptors (Lipinski definition) is 6. The van der Waals surface area contributed by atoms with Crippen LogP contribution in [-0.4, -0.2) is 35.3 Å². The zero-order valence-corrected chi connectivity index (χ0v) is 13.8. The Balaban J connectivity index is 1.98.